The standard InChI is InChI=1S/C52H53N3O11/c1-34(56)9-28-49(59)66-45-32-48(55-30-29-47(54-51(55)61)53-50(60)37-15-10-35(11-16-37)12-23-42(58)31-36-13-21-41(57)22-14-36)65-46(45)33-64-52(38-7-5-4-6-8-38,39-17-24-43(62-2)25-18-39)40-19-26-44(63-3)27-20-40/h4-8,10-11,13-22,24-27,45-46,48,57H,9,12,23,28-33H2,1-3H3,(H,53,54,60,61)/t45?,46-,48-/m1/s1. The molecule has 2 aliphatic heterocycles. The van der Waals surface area contributed by atoms with Gasteiger partial charge in [0.1, 0.15) is 58.7 Å². The van der Waals surface area contributed by atoms with E-state index >= 15 is 0 Å². The highest BCUT2D eigenvalue weighted by atomic mass is 16.6. The molecule has 1 fully saturated rings. The molecule has 342 valence electrons. The minimum Gasteiger partial charge on any atom is -0.508 e. The SMILES string of the molecule is COc1ccc(C(OC[C@H]2O[C@@H](N3CCC(NC(=O)c4ccc(CCC(=O)Cc5ccc(O)cc5)cc4)=NC3=O)CC2OC(=O)CCC(C)=O)(c2ccccc2)c2ccc(OC)cc2)cc1. The van der Waals surface area contributed by atoms with Gasteiger partial charge in [-0.3, -0.25) is 19.3 Å². The molecule has 2 aliphatic rings. The molecule has 3 atom stereocenters. The van der Waals surface area contributed by atoms with E-state index in [1.807, 2.05) is 78.9 Å². The van der Waals surface area contributed by atoms with Crippen molar-refractivity contribution in [1.29, 1.82) is 0 Å². The molecule has 3 amide bonds. The summed E-state index contributed by atoms with van der Waals surface area (Å²) in [4.78, 5) is 70.0. The number of carbonyl (C=O) groups is 5. The predicted octanol–water partition coefficient (Wildman–Crippen LogP) is 7.51. The Bertz CT molecular complexity index is 2460. The third kappa shape index (κ3) is 11.6. The van der Waals surface area contributed by atoms with E-state index < -0.39 is 41.9 Å². The van der Waals surface area contributed by atoms with Gasteiger partial charge in [0.05, 0.1) is 27.2 Å². The first kappa shape index (κ1) is 46.8. The summed E-state index contributed by atoms with van der Waals surface area (Å²) >= 11 is 0. The molecule has 5 aromatic rings. The zero-order valence-corrected chi connectivity index (χ0v) is 37.1. The van der Waals surface area contributed by atoms with Crippen molar-refractivity contribution in [3.05, 3.63) is 161 Å². The number of esters is 1. The molecular weight excluding hydrogens is 843 g/mol. The molecule has 0 bridgehead atoms. The number of amidine groups is 1. The summed E-state index contributed by atoms with van der Waals surface area (Å²) in [5.74, 6) is 0.551. The summed E-state index contributed by atoms with van der Waals surface area (Å²) in [6.45, 7) is 1.48. The van der Waals surface area contributed by atoms with Crippen LogP contribution in [0.5, 0.6) is 17.2 Å². The fraction of sp³-hybridized carbons (Fsp3) is 0.308. The van der Waals surface area contributed by atoms with Crippen molar-refractivity contribution in [2.45, 2.75) is 75.9 Å². The Hall–Kier alpha value is -7.16. The maximum atomic E-state index is 13.7. The number of ketones is 2. The molecule has 5 aromatic carbocycles. The number of Topliss-reactive ketones (excluding diaryl/α,β-unsaturated/α-hetero) is 2. The first-order valence-corrected chi connectivity index (χ1v) is 21.8. The number of amides is 3. The van der Waals surface area contributed by atoms with Crippen LogP contribution in [0.4, 0.5) is 4.79 Å². The Kier molecular flexibility index (Phi) is 15.4. The first-order valence-electron chi connectivity index (χ1n) is 21.8. The summed E-state index contributed by atoms with van der Waals surface area (Å²) in [5, 5.41) is 12.2. The monoisotopic (exact) mass is 895 g/mol. The highest BCUT2D eigenvalue weighted by Crippen LogP contribution is 2.43. The van der Waals surface area contributed by atoms with Crippen molar-refractivity contribution < 1.29 is 52.8 Å². The highest BCUT2D eigenvalue weighted by Gasteiger charge is 2.46. The number of benzene rings is 5. The van der Waals surface area contributed by atoms with Gasteiger partial charge in [-0.15, -0.1) is 0 Å². The van der Waals surface area contributed by atoms with Gasteiger partial charge < -0.3 is 38.9 Å². The maximum absolute atomic E-state index is 13.7. The van der Waals surface area contributed by atoms with Crippen LogP contribution in [0.25, 0.3) is 0 Å². The molecular formula is C52H53N3O11. The smallest absolute Gasteiger partial charge is 0.347 e. The number of urea groups is 1. The van der Waals surface area contributed by atoms with E-state index in [1.54, 1.807) is 62.8 Å². The second-order valence-electron chi connectivity index (χ2n) is 16.2. The van der Waals surface area contributed by atoms with Crippen LogP contribution >= 0.6 is 0 Å². The molecule has 14 heteroatoms. The number of aliphatic imine (C=N–C) groups is 1. The number of aryl methyl sites for hydroxylation is 1. The van der Waals surface area contributed by atoms with E-state index in [4.69, 9.17) is 23.7 Å². The van der Waals surface area contributed by atoms with Crippen molar-refractivity contribution in [2.75, 3.05) is 27.4 Å². The van der Waals surface area contributed by atoms with E-state index in [1.165, 1.54) is 11.8 Å². The summed E-state index contributed by atoms with van der Waals surface area (Å²) in [6, 6.07) is 37.6. The fourth-order valence-electron chi connectivity index (χ4n) is 8.11. The van der Waals surface area contributed by atoms with Crippen LogP contribution in [0.3, 0.4) is 0 Å². The van der Waals surface area contributed by atoms with Crippen molar-refractivity contribution in [3.63, 3.8) is 0 Å². The Balaban J connectivity index is 1.05. The summed E-state index contributed by atoms with van der Waals surface area (Å²) in [5.41, 5.74) is 3.24. The molecule has 2 heterocycles. The van der Waals surface area contributed by atoms with E-state index in [9.17, 15) is 29.1 Å². The largest absolute Gasteiger partial charge is 0.508 e. The molecule has 0 spiro atoms. The van der Waals surface area contributed by atoms with Crippen molar-refractivity contribution >= 4 is 35.3 Å². The van der Waals surface area contributed by atoms with Crippen molar-refractivity contribution in [2.24, 2.45) is 4.99 Å². The number of phenolic OH excluding ortho intramolecular Hbond substituents is 1. The van der Waals surface area contributed by atoms with Crippen LogP contribution in [0.15, 0.2) is 132 Å². The summed E-state index contributed by atoms with van der Waals surface area (Å²) in [6.07, 6.45) is -1.23. The Morgan fingerprint density at radius 3 is 1.97 bits per heavy atom. The van der Waals surface area contributed by atoms with Crippen LogP contribution in [-0.2, 0) is 47.0 Å². The summed E-state index contributed by atoms with van der Waals surface area (Å²) < 4.78 is 30.6. The molecule has 0 saturated carbocycles. The van der Waals surface area contributed by atoms with Gasteiger partial charge in [0.15, 0.2) is 0 Å². The van der Waals surface area contributed by atoms with Gasteiger partial charge in [0, 0.05) is 44.2 Å². The molecule has 0 aromatic heterocycles. The van der Waals surface area contributed by atoms with Crippen LogP contribution in [0.2, 0.25) is 0 Å². The van der Waals surface area contributed by atoms with E-state index in [0.717, 1.165) is 27.8 Å². The topological polar surface area (TPSA) is 179 Å². The van der Waals surface area contributed by atoms with E-state index in [-0.39, 0.29) is 68.4 Å². The Labute approximate surface area is 383 Å². The molecule has 0 radical (unpaired) electrons. The average molecular weight is 896 g/mol. The maximum Gasteiger partial charge on any atom is 0.347 e. The zero-order chi connectivity index (χ0) is 46.6. The minimum absolute atomic E-state index is 0.0189. The van der Waals surface area contributed by atoms with Crippen molar-refractivity contribution in [3.8, 4) is 17.2 Å². The lowest BCUT2D eigenvalue weighted by atomic mass is 9.80. The fourth-order valence-corrected chi connectivity index (χ4v) is 8.11. The van der Waals surface area contributed by atoms with Gasteiger partial charge in [0.25, 0.3) is 5.91 Å². The van der Waals surface area contributed by atoms with Gasteiger partial charge in [0.2, 0.25) is 0 Å². The molecule has 66 heavy (non-hydrogen) atoms. The molecule has 0 aliphatic carbocycles. The highest BCUT2D eigenvalue weighted by molar-refractivity contribution is 6.09. The van der Waals surface area contributed by atoms with E-state index in [2.05, 4.69) is 10.3 Å². The number of hydrogen-bond donors (Lipinski definition) is 2. The second-order valence-corrected chi connectivity index (χ2v) is 16.2. The van der Waals surface area contributed by atoms with Crippen LogP contribution in [0, 0.1) is 0 Å². The first-order chi connectivity index (χ1) is 31.9. The lowest BCUT2D eigenvalue weighted by Crippen LogP contribution is -2.46. The van der Waals surface area contributed by atoms with Crippen LogP contribution < -0.4 is 14.8 Å². The van der Waals surface area contributed by atoms with Crippen LogP contribution in [0.1, 0.15) is 77.2 Å². The Morgan fingerprint density at radius 2 is 1.38 bits per heavy atom. The molecule has 14 nitrogen and oxygen atoms in total. The number of nitrogens with one attached hydrogen (secondary N) is 1. The number of methoxy groups -OCH3 is 2. The van der Waals surface area contributed by atoms with Gasteiger partial charge in [-0.2, -0.15) is 4.99 Å². The number of phenols is 1. The number of nitrogens with zero attached hydrogens (tertiary/aromatic N) is 2. The second kappa shape index (κ2) is 21.7. The molecule has 2 N–H and O–H groups in total. The van der Waals surface area contributed by atoms with Gasteiger partial charge in [-0.1, -0.05) is 78.9 Å². The lowest BCUT2D eigenvalue weighted by molar-refractivity contribution is -0.157. The third-order valence-electron chi connectivity index (χ3n) is 11.7. The van der Waals surface area contributed by atoms with E-state index in [0.29, 0.717) is 29.9 Å². The minimum atomic E-state index is -1.21. The number of rotatable bonds is 19. The normalized spacial score (nSPS) is 17.1. The van der Waals surface area contributed by atoms with Gasteiger partial charge >= 0.3 is 12.0 Å². The third-order valence-corrected chi connectivity index (χ3v) is 11.7. The van der Waals surface area contributed by atoms with Gasteiger partial charge in [-0.25, -0.2) is 4.79 Å². The quantitative estimate of drug-likeness (QED) is 0.0619. The van der Waals surface area contributed by atoms with Gasteiger partial charge in [-0.05, 0) is 89.7 Å². The van der Waals surface area contributed by atoms with Crippen molar-refractivity contribution in [1.82, 2.24) is 10.2 Å². The van der Waals surface area contributed by atoms with Crippen LogP contribution in [-0.4, -0.2) is 91.1 Å². The lowest BCUT2D eigenvalue weighted by Gasteiger charge is -2.37. The average Bonchev–Trinajstić information content (AvgIpc) is 3.73. The molecule has 1 unspecified atom stereocenters. The number of carbonyl (C=O) groups excluding carboxylic acids is 5. The number of aromatic hydroxyl groups is 1. The molecule has 7 rings (SSSR count). The number of hydrogen-bond acceptors (Lipinski definition) is 11. The Morgan fingerprint density at radius 1 is 0.773 bits per heavy atom. The zero-order valence-electron chi connectivity index (χ0n) is 37.1. The summed E-state index contributed by atoms with van der Waals surface area (Å²) in [7, 11) is 3.19. The predicted molar refractivity (Wildman–Crippen MR) is 245 cm³/mol. The number of ether oxygens (including phenoxy) is 5. The molecule has 1 saturated heterocycles.